The van der Waals surface area contributed by atoms with Crippen molar-refractivity contribution in [2.24, 2.45) is 5.92 Å². The first-order valence-corrected chi connectivity index (χ1v) is 6.24. The average Bonchev–Trinajstić information content (AvgIpc) is 2.83. The molecule has 1 aromatic rings. The standard InChI is InChI=1S/C10H16N4OS/c1-14(7-8-2-4-11-5-3-8)10(15)9-6-12-16-13-9/h6,8,11H,2-5,7H2,1H3. The molecule has 0 saturated carbocycles. The highest BCUT2D eigenvalue weighted by atomic mass is 32.1. The van der Waals surface area contributed by atoms with Gasteiger partial charge in [-0.3, -0.25) is 4.79 Å². The number of nitrogens with one attached hydrogen (secondary N) is 1. The van der Waals surface area contributed by atoms with Gasteiger partial charge in [0.1, 0.15) is 0 Å². The van der Waals surface area contributed by atoms with Crippen molar-refractivity contribution in [1.82, 2.24) is 19.0 Å². The Bertz CT molecular complexity index is 335. The zero-order valence-electron chi connectivity index (χ0n) is 9.35. The molecular formula is C10H16N4OS. The Morgan fingerprint density at radius 1 is 1.62 bits per heavy atom. The molecule has 2 heterocycles. The van der Waals surface area contributed by atoms with Crippen LogP contribution in [-0.4, -0.2) is 46.2 Å². The lowest BCUT2D eigenvalue weighted by Gasteiger charge is -2.27. The van der Waals surface area contributed by atoms with Crippen molar-refractivity contribution in [2.75, 3.05) is 26.7 Å². The molecular weight excluding hydrogens is 224 g/mol. The highest BCUT2D eigenvalue weighted by Crippen LogP contribution is 2.13. The van der Waals surface area contributed by atoms with E-state index in [1.165, 1.54) is 6.20 Å². The SMILES string of the molecule is CN(CC1CCNCC1)C(=O)c1cnsn1. The summed E-state index contributed by atoms with van der Waals surface area (Å²) >= 11 is 1.07. The summed E-state index contributed by atoms with van der Waals surface area (Å²) in [5.41, 5.74) is 0.460. The molecule has 2 rings (SSSR count). The first kappa shape index (κ1) is 11.5. The molecule has 0 radical (unpaired) electrons. The minimum Gasteiger partial charge on any atom is -0.340 e. The van der Waals surface area contributed by atoms with Crippen LogP contribution in [0.3, 0.4) is 0 Å². The molecule has 1 aromatic heterocycles. The molecule has 1 saturated heterocycles. The van der Waals surface area contributed by atoms with E-state index < -0.39 is 0 Å². The zero-order chi connectivity index (χ0) is 11.4. The topological polar surface area (TPSA) is 58.1 Å². The van der Waals surface area contributed by atoms with Gasteiger partial charge in [-0.15, -0.1) is 0 Å². The Morgan fingerprint density at radius 2 is 2.38 bits per heavy atom. The molecule has 6 heteroatoms. The van der Waals surface area contributed by atoms with Gasteiger partial charge in [-0.05, 0) is 31.8 Å². The number of aromatic nitrogens is 2. The largest absolute Gasteiger partial charge is 0.340 e. The van der Waals surface area contributed by atoms with Crippen LogP contribution in [0.1, 0.15) is 23.3 Å². The fourth-order valence-electron chi connectivity index (χ4n) is 1.99. The van der Waals surface area contributed by atoms with Crippen molar-refractivity contribution in [2.45, 2.75) is 12.8 Å². The first-order valence-electron chi connectivity index (χ1n) is 5.51. The van der Waals surface area contributed by atoms with Crippen molar-refractivity contribution < 1.29 is 4.79 Å². The van der Waals surface area contributed by atoms with Crippen LogP contribution < -0.4 is 5.32 Å². The molecule has 0 bridgehead atoms. The van der Waals surface area contributed by atoms with E-state index in [2.05, 4.69) is 14.1 Å². The van der Waals surface area contributed by atoms with E-state index in [4.69, 9.17) is 0 Å². The van der Waals surface area contributed by atoms with E-state index in [-0.39, 0.29) is 5.91 Å². The van der Waals surface area contributed by atoms with Gasteiger partial charge < -0.3 is 10.2 Å². The molecule has 0 aliphatic carbocycles. The van der Waals surface area contributed by atoms with Gasteiger partial charge in [-0.1, -0.05) is 0 Å². The lowest BCUT2D eigenvalue weighted by atomic mass is 9.97. The Morgan fingerprint density at radius 3 is 3.00 bits per heavy atom. The summed E-state index contributed by atoms with van der Waals surface area (Å²) in [5, 5.41) is 3.32. The fraction of sp³-hybridized carbons (Fsp3) is 0.700. The first-order chi connectivity index (χ1) is 7.77. The summed E-state index contributed by atoms with van der Waals surface area (Å²) in [6.45, 7) is 2.94. The van der Waals surface area contributed by atoms with Crippen molar-refractivity contribution in [3.63, 3.8) is 0 Å². The monoisotopic (exact) mass is 240 g/mol. The third-order valence-electron chi connectivity index (χ3n) is 2.92. The predicted molar refractivity (Wildman–Crippen MR) is 62.5 cm³/mol. The van der Waals surface area contributed by atoms with E-state index in [0.29, 0.717) is 11.6 Å². The number of hydrogen-bond acceptors (Lipinski definition) is 5. The molecule has 1 fully saturated rings. The van der Waals surface area contributed by atoms with E-state index in [9.17, 15) is 4.79 Å². The van der Waals surface area contributed by atoms with Crippen molar-refractivity contribution in [3.8, 4) is 0 Å². The lowest BCUT2D eigenvalue weighted by Crippen LogP contribution is -2.37. The summed E-state index contributed by atoms with van der Waals surface area (Å²) in [6, 6.07) is 0. The van der Waals surface area contributed by atoms with Crippen molar-refractivity contribution in [1.29, 1.82) is 0 Å². The van der Waals surface area contributed by atoms with E-state index in [1.807, 2.05) is 7.05 Å². The summed E-state index contributed by atoms with van der Waals surface area (Å²) in [6.07, 6.45) is 3.83. The number of nitrogens with zero attached hydrogens (tertiary/aromatic N) is 3. The van der Waals surface area contributed by atoms with Crippen LogP contribution in [0.4, 0.5) is 0 Å². The molecule has 0 spiro atoms. The summed E-state index contributed by atoms with van der Waals surface area (Å²) in [7, 11) is 1.84. The fourth-order valence-corrected chi connectivity index (χ4v) is 2.40. The molecule has 0 aromatic carbocycles. The molecule has 0 atom stereocenters. The number of carbonyl (C=O) groups excluding carboxylic acids is 1. The van der Waals surface area contributed by atoms with Crippen LogP contribution in [0.15, 0.2) is 6.20 Å². The second-order valence-electron chi connectivity index (χ2n) is 4.17. The normalized spacial score (nSPS) is 17.3. The Labute approximate surface area is 99.2 Å². The average molecular weight is 240 g/mol. The third-order valence-corrected chi connectivity index (χ3v) is 3.40. The van der Waals surface area contributed by atoms with E-state index in [1.54, 1.807) is 4.90 Å². The van der Waals surface area contributed by atoms with Crippen molar-refractivity contribution in [3.05, 3.63) is 11.9 Å². The maximum absolute atomic E-state index is 11.9. The van der Waals surface area contributed by atoms with Gasteiger partial charge in [0.25, 0.3) is 5.91 Å². The maximum atomic E-state index is 11.9. The summed E-state index contributed by atoms with van der Waals surface area (Å²) < 4.78 is 7.80. The van der Waals surface area contributed by atoms with Crippen LogP contribution in [0, 0.1) is 5.92 Å². The molecule has 1 aliphatic heterocycles. The Hall–Kier alpha value is -1.01. The predicted octanol–water partition coefficient (Wildman–Crippen LogP) is 0.610. The lowest BCUT2D eigenvalue weighted by molar-refractivity contribution is 0.0758. The second kappa shape index (κ2) is 5.36. The second-order valence-corrected chi connectivity index (χ2v) is 4.73. The van der Waals surface area contributed by atoms with Crippen LogP contribution in [-0.2, 0) is 0 Å². The minimum absolute atomic E-state index is 0.0210. The smallest absolute Gasteiger partial charge is 0.274 e. The summed E-state index contributed by atoms with van der Waals surface area (Å²) in [4.78, 5) is 13.7. The summed E-state index contributed by atoms with van der Waals surface area (Å²) in [5.74, 6) is 0.592. The molecule has 1 N–H and O–H groups in total. The van der Waals surface area contributed by atoms with Gasteiger partial charge in [0.2, 0.25) is 0 Å². The quantitative estimate of drug-likeness (QED) is 0.841. The van der Waals surface area contributed by atoms with Gasteiger partial charge in [0.15, 0.2) is 5.69 Å². The molecule has 5 nitrogen and oxygen atoms in total. The molecule has 16 heavy (non-hydrogen) atoms. The van der Waals surface area contributed by atoms with Crippen LogP contribution in [0.2, 0.25) is 0 Å². The number of hydrogen-bond donors (Lipinski definition) is 1. The molecule has 1 aliphatic rings. The number of amides is 1. The maximum Gasteiger partial charge on any atom is 0.274 e. The van der Waals surface area contributed by atoms with Gasteiger partial charge >= 0.3 is 0 Å². The molecule has 88 valence electrons. The third kappa shape index (κ3) is 2.76. The minimum atomic E-state index is -0.0210. The van der Waals surface area contributed by atoms with Crippen LogP contribution in [0.25, 0.3) is 0 Å². The number of carbonyl (C=O) groups is 1. The van der Waals surface area contributed by atoms with Gasteiger partial charge in [-0.2, -0.15) is 8.75 Å². The molecule has 1 amide bonds. The van der Waals surface area contributed by atoms with E-state index >= 15 is 0 Å². The number of rotatable bonds is 3. The van der Waals surface area contributed by atoms with Gasteiger partial charge in [0, 0.05) is 13.6 Å². The highest BCUT2D eigenvalue weighted by molar-refractivity contribution is 6.99. The number of piperidine rings is 1. The Kier molecular flexibility index (Phi) is 3.84. The zero-order valence-corrected chi connectivity index (χ0v) is 10.2. The van der Waals surface area contributed by atoms with Crippen LogP contribution >= 0.6 is 11.7 Å². The van der Waals surface area contributed by atoms with Gasteiger partial charge in [0.05, 0.1) is 17.9 Å². The van der Waals surface area contributed by atoms with Crippen molar-refractivity contribution >= 4 is 17.6 Å². The van der Waals surface area contributed by atoms with Crippen LogP contribution in [0.5, 0.6) is 0 Å². The Balaban J connectivity index is 1.87. The molecule has 0 unspecified atom stereocenters. The highest BCUT2D eigenvalue weighted by Gasteiger charge is 2.20. The van der Waals surface area contributed by atoms with Gasteiger partial charge in [-0.25, -0.2) is 0 Å². The van der Waals surface area contributed by atoms with E-state index in [0.717, 1.165) is 44.2 Å².